The highest BCUT2D eigenvalue weighted by molar-refractivity contribution is 6.30. The molecule has 4 nitrogen and oxygen atoms in total. The first kappa shape index (κ1) is 18.9. The molecule has 0 saturated heterocycles. The monoisotopic (exact) mass is 418 g/mol. The van der Waals surface area contributed by atoms with Gasteiger partial charge in [-0.3, -0.25) is 0 Å². The summed E-state index contributed by atoms with van der Waals surface area (Å²) >= 11 is 6.18. The quantitative estimate of drug-likeness (QED) is 0.449. The van der Waals surface area contributed by atoms with Gasteiger partial charge in [-0.05, 0) is 42.3 Å². The van der Waals surface area contributed by atoms with Crippen LogP contribution >= 0.6 is 11.6 Å². The number of nitrogens with zero attached hydrogens (tertiary/aromatic N) is 1. The molecular formula is C25H23ClN2O2. The predicted octanol–water partition coefficient (Wildman–Crippen LogP) is 6.08. The Morgan fingerprint density at radius 3 is 2.47 bits per heavy atom. The zero-order valence-corrected chi connectivity index (χ0v) is 17.4. The molecule has 3 N–H and O–H groups in total. The maximum absolute atomic E-state index is 11.1. The van der Waals surface area contributed by atoms with Crippen molar-refractivity contribution in [1.82, 2.24) is 0 Å². The molecule has 0 aliphatic carbocycles. The minimum Gasteiger partial charge on any atom is -0.507 e. The summed E-state index contributed by atoms with van der Waals surface area (Å²) in [5, 5.41) is 26.3. The fourth-order valence-corrected chi connectivity index (χ4v) is 4.81. The molecule has 0 amide bonds. The van der Waals surface area contributed by atoms with Gasteiger partial charge in [0.2, 0.25) is 0 Å². The van der Waals surface area contributed by atoms with Crippen molar-refractivity contribution in [2.45, 2.75) is 25.3 Å². The minimum absolute atomic E-state index is 0.144. The van der Waals surface area contributed by atoms with Crippen LogP contribution in [0.1, 0.15) is 36.5 Å². The maximum Gasteiger partial charge on any atom is 0.139 e. The van der Waals surface area contributed by atoms with Crippen LogP contribution in [0.3, 0.4) is 0 Å². The Morgan fingerprint density at radius 2 is 1.70 bits per heavy atom. The number of nitrogens with one attached hydrogen (secondary N) is 1. The number of phenols is 2. The summed E-state index contributed by atoms with van der Waals surface area (Å²) in [5.74, 6) is 0.297. The average Bonchev–Trinajstić information content (AvgIpc) is 3.09. The van der Waals surface area contributed by atoms with E-state index >= 15 is 0 Å². The van der Waals surface area contributed by atoms with Gasteiger partial charge < -0.3 is 20.4 Å². The van der Waals surface area contributed by atoms with Gasteiger partial charge in [-0.25, -0.2) is 0 Å². The van der Waals surface area contributed by atoms with Gasteiger partial charge in [0.15, 0.2) is 0 Å². The molecule has 0 spiro atoms. The molecule has 3 aromatic rings. The highest BCUT2D eigenvalue weighted by Gasteiger charge is 2.51. The van der Waals surface area contributed by atoms with E-state index < -0.39 is 5.54 Å². The lowest BCUT2D eigenvalue weighted by atomic mass is 9.74. The Balaban J connectivity index is 1.85. The number of fused-ring (bicyclic) bond motifs is 5. The molecule has 1 atom stereocenters. The Labute approximate surface area is 181 Å². The molecule has 1 unspecified atom stereocenters. The van der Waals surface area contributed by atoms with Crippen LogP contribution in [0.5, 0.6) is 11.5 Å². The van der Waals surface area contributed by atoms with Crippen molar-refractivity contribution >= 4 is 28.5 Å². The second-order valence-electron chi connectivity index (χ2n) is 7.84. The Hall–Kier alpha value is -3.11. The number of hydrogen-bond acceptors (Lipinski definition) is 4. The SMILES string of the molecule is CCCCN1C=C2c3ccccc3NC2(c2ccc(Cl)cc2)c2c(O)ccc(O)c21. The van der Waals surface area contributed by atoms with E-state index in [1.807, 2.05) is 42.5 Å². The fraction of sp³-hybridized carbons (Fsp3) is 0.200. The minimum atomic E-state index is -0.824. The summed E-state index contributed by atoms with van der Waals surface area (Å²) in [7, 11) is 0. The number of hydrogen-bond donors (Lipinski definition) is 3. The number of halogens is 1. The van der Waals surface area contributed by atoms with Gasteiger partial charge in [0.05, 0.1) is 11.3 Å². The third kappa shape index (κ3) is 2.60. The van der Waals surface area contributed by atoms with Gasteiger partial charge in [0, 0.05) is 34.6 Å². The zero-order chi connectivity index (χ0) is 20.9. The average molecular weight is 419 g/mol. The summed E-state index contributed by atoms with van der Waals surface area (Å²) in [6, 6.07) is 18.9. The molecule has 0 saturated carbocycles. The molecule has 2 aliphatic rings. The molecule has 5 heteroatoms. The second kappa shape index (κ2) is 6.99. The van der Waals surface area contributed by atoms with E-state index in [0.717, 1.165) is 41.8 Å². The first-order valence-corrected chi connectivity index (χ1v) is 10.6. The van der Waals surface area contributed by atoms with E-state index in [0.29, 0.717) is 16.3 Å². The van der Waals surface area contributed by atoms with E-state index in [2.05, 4.69) is 29.4 Å². The standard InChI is InChI=1S/C25H23ClN2O2/c1-2-3-14-28-15-19-18-6-4-5-7-20(18)27-25(19,16-8-10-17(26)11-9-16)23-21(29)12-13-22(30)24(23)28/h4-13,15,27,29-30H,2-3,14H2,1H3. The molecule has 152 valence electrons. The van der Waals surface area contributed by atoms with Crippen molar-refractivity contribution < 1.29 is 10.2 Å². The van der Waals surface area contributed by atoms with Crippen molar-refractivity contribution in [1.29, 1.82) is 0 Å². The molecule has 30 heavy (non-hydrogen) atoms. The van der Waals surface area contributed by atoms with Gasteiger partial charge in [0.25, 0.3) is 0 Å². The van der Waals surface area contributed by atoms with Crippen LogP contribution in [-0.4, -0.2) is 16.8 Å². The summed E-state index contributed by atoms with van der Waals surface area (Å²) in [4.78, 5) is 2.07. The molecule has 0 radical (unpaired) electrons. The van der Waals surface area contributed by atoms with E-state index in [4.69, 9.17) is 11.6 Å². The van der Waals surface area contributed by atoms with Crippen molar-refractivity contribution in [3.63, 3.8) is 0 Å². The lowest BCUT2D eigenvalue weighted by molar-refractivity contribution is 0.447. The van der Waals surface area contributed by atoms with Gasteiger partial charge in [-0.1, -0.05) is 55.3 Å². The zero-order valence-electron chi connectivity index (χ0n) is 16.7. The number of phenolic OH excluding ortho intramolecular Hbond substituents is 2. The molecule has 0 bridgehead atoms. The van der Waals surface area contributed by atoms with Crippen LogP contribution in [0.15, 0.2) is 66.9 Å². The lowest BCUT2D eigenvalue weighted by Crippen LogP contribution is -2.40. The Kier molecular flexibility index (Phi) is 4.40. The molecule has 2 aliphatic heterocycles. The molecule has 0 fully saturated rings. The number of benzene rings is 3. The predicted molar refractivity (Wildman–Crippen MR) is 122 cm³/mol. The summed E-state index contributed by atoms with van der Waals surface area (Å²) in [6.45, 7) is 2.90. The first-order chi connectivity index (χ1) is 14.6. The van der Waals surface area contributed by atoms with Crippen molar-refractivity contribution in [2.24, 2.45) is 0 Å². The van der Waals surface area contributed by atoms with Crippen LogP contribution in [-0.2, 0) is 5.54 Å². The number of rotatable bonds is 4. The van der Waals surface area contributed by atoms with Crippen LogP contribution < -0.4 is 10.2 Å². The number of para-hydroxylation sites is 1. The third-order valence-electron chi connectivity index (χ3n) is 6.06. The van der Waals surface area contributed by atoms with Crippen molar-refractivity contribution in [3.05, 3.63) is 88.6 Å². The van der Waals surface area contributed by atoms with E-state index in [9.17, 15) is 10.2 Å². The highest BCUT2D eigenvalue weighted by atomic mass is 35.5. The number of anilines is 2. The van der Waals surface area contributed by atoms with Crippen molar-refractivity contribution in [2.75, 3.05) is 16.8 Å². The Morgan fingerprint density at radius 1 is 0.967 bits per heavy atom. The molecule has 0 aromatic heterocycles. The van der Waals surface area contributed by atoms with Gasteiger partial charge >= 0.3 is 0 Å². The summed E-state index contributed by atoms with van der Waals surface area (Å²) in [5.41, 5.74) is 4.55. The van der Waals surface area contributed by atoms with Gasteiger partial charge in [-0.15, -0.1) is 0 Å². The third-order valence-corrected chi connectivity index (χ3v) is 6.31. The van der Waals surface area contributed by atoms with Crippen molar-refractivity contribution in [3.8, 4) is 11.5 Å². The molecule has 2 heterocycles. The fourth-order valence-electron chi connectivity index (χ4n) is 4.69. The van der Waals surface area contributed by atoms with Gasteiger partial charge in [-0.2, -0.15) is 0 Å². The topological polar surface area (TPSA) is 55.7 Å². The number of unbranched alkanes of at least 4 members (excludes halogenated alkanes) is 1. The highest BCUT2D eigenvalue weighted by Crippen LogP contribution is 2.60. The smallest absolute Gasteiger partial charge is 0.139 e. The van der Waals surface area contributed by atoms with Crippen LogP contribution in [0.25, 0.3) is 5.57 Å². The van der Waals surface area contributed by atoms with E-state index in [-0.39, 0.29) is 11.5 Å². The largest absolute Gasteiger partial charge is 0.507 e. The van der Waals surface area contributed by atoms with Crippen LogP contribution in [0.2, 0.25) is 5.02 Å². The molecular weight excluding hydrogens is 396 g/mol. The van der Waals surface area contributed by atoms with E-state index in [1.165, 1.54) is 0 Å². The lowest BCUT2D eigenvalue weighted by Gasteiger charge is -2.42. The summed E-state index contributed by atoms with van der Waals surface area (Å²) < 4.78 is 0. The summed E-state index contributed by atoms with van der Waals surface area (Å²) in [6.07, 6.45) is 4.12. The number of aromatic hydroxyl groups is 2. The van der Waals surface area contributed by atoms with Gasteiger partial charge in [0.1, 0.15) is 17.0 Å². The van der Waals surface area contributed by atoms with Crippen LogP contribution in [0.4, 0.5) is 11.4 Å². The first-order valence-electron chi connectivity index (χ1n) is 10.2. The molecule has 3 aromatic carbocycles. The normalized spacial score (nSPS) is 18.9. The maximum atomic E-state index is 11.1. The molecule has 5 rings (SSSR count). The van der Waals surface area contributed by atoms with Crippen LogP contribution in [0, 0.1) is 0 Å². The second-order valence-corrected chi connectivity index (χ2v) is 8.28. The van der Waals surface area contributed by atoms with E-state index in [1.54, 1.807) is 12.1 Å². The Bertz CT molecular complexity index is 1160.